The maximum atomic E-state index is 12.0. The molecule has 18 heavy (non-hydrogen) atoms. The average molecular weight is 299 g/mol. The lowest BCUT2D eigenvalue weighted by Crippen LogP contribution is -2.33. The first kappa shape index (κ1) is 13.3. The summed E-state index contributed by atoms with van der Waals surface area (Å²) in [5.41, 5.74) is 0. The molecule has 2 heterocycles. The van der Waals surface area contributed by atoms with E-state index in [1.54, 1.807) is 6.08 Å². The Balaban J connectivity index is 2.16. The summed E-state index contributed by atoms with van der Waals surface area (Å²) in [4.78, 5) is 26.0. The number of hydrogen-bond acceptors (Lipinski definition) is 6. The van der Waals surface area contributed by atoms with Crippen molar-refractivity contribution >= 4 is 57.6 Å². The summed E-state index contributed by atoms with van der Waals surface area (Å²) in [5.74, 6) is -0.729. The van der Waals surface area contributed by atoms with Gasteiger partial charge in [0.1, 0.15) is 10.9 Å². The Labute approximate surface area is 118 Å². The summed E-state index contributed by atoms with van der Waals surface area (Å²) < 4.78 is 4.91. The molecule has 0 N–H and O–H groups in total. The molecule has 2 rings (SSSR count). The van der Waals surface area contributed by atoms with Crippen LogP contribution >= 0.6 is 35.3 Å². The molecule has 1 fully saturated rings. The minimum absolute atomic E-state index is 0.136. The molecule has 0 radical (unpaired) electrons. The summed E-state index contributed by atoms with van der Waals surface area (Å²) in [6.45, 7) is -0.136. The number of thiophene rings is 1. The molecule has 1 saturated heterocycles. The highest BCUT2D eigenvalue weighted by molar-refractivity contribution is 8.26. The normalized spacial score (nSPS) is 17.6. The first-order chi connectivity index (χ1) is 8.61. The van der Waals surface area contributed by atoms with Gasteiger partial charge < -0.3 is 4.74 Å². The average Bonchev–Trinajstić information content (AvgIpc) is 2.94. The molecule has 0 saturated carbocycles. The van der Waals surface area contributed by atoms with Crippen LogP contribution in [0.5, 0.6) is 0 Å². The molecule has 1 amide bonds. The van der Waals surface area contributed by atoms with Gasteiger partial charge in [0, 0.05) is 4.88 Å². The standard InChI is InChI=1S/C11H9NO3S3/c1-15-9(13)6-12-10(14)8(18-11(12)16)5-7-3-2-4-17-7/h2-5H,6H2,1H3. The van der Waals surface area contributed by atoms with E-state index in [-0.39, 0.29) is 12.5 Å². The van der Waals surface area contributed by atoms with Gasteiger partial charge in [-0.1, -0.05) is 30.0 Å². The minimum Gasteiger partial charge on any atom is -0.468 e. The zero-order valence-electron chi connectivity index (χ0n) is 9.41. The molecule has 7 heteroatoms. The highest BCUT2D eigenvalue weighted by Crippen LogP contribution is 2.32. The Morgan fingerprint density at radius 2 is 2.39 bits per heavy atom. The highest BCUT2D eigenvalue weighted by Gasteiger charge is 2.33. The number of rotatable bonds is 3. The Bertz CT molecular complexity index is 522. The lowest BCUT2D eigenvalue weighted by molar-refractivity contribution is -0.143. The number of thioether (sulfide) groups is 1. The predicted octanol–water partition coefficient (Wildman–Crippen LogP) is 2.12. The second-order valence-corrected chi connectivity index (χ2v) is 6.01. The lowest BCUT2D eigenvalue weighted by Gasteiger charge is -2.11. The van der Waals surface area contributed by atoms with Crippen molar-refractivity contribution in [2.45, 2.75) is 0 Å². The van der Waals surface area contributed by atoms with Gasteiger partial charge >= 0.3 is 5.97 Å². The molecule has 0 bridgehead atoms. The molecule has 1 aromatic rings. The van der Waals surface area contributed by atoms with Crippen LogP contribution in [0.4, 0.5) is 0 Å². The molecular formula is C11H9NO3S3. The molecule has 0 aliphatic carbocycles. The van der Waals surface area contributed by atoms with E-state index in [2.05, 4.69) is 4.74 Å². The number of thiocarbonyl (C=S) groups is 1. The highest BCUT2D eigenvalue weighted by atomic mass is 32.2. The van der Waals surface area contributed by atoms with Gasteiger partial charge in [-0.25, -0.2) is 0 Å². The molecular weight excluding hydrogens is 290 g/mol. The third-order valence-corrected chi connectivity index (χ3v) is 4.40. The lowest BCUT2D eigenvalue weighted by atomic mass is 10.4. The van der Waals surface area contributed by atoms with Crippen molar-refractivity contribution in [1.82, 2.24) is 4.90 Å². The number of carbonyl (C=O) groups excluding carboxylic acids is 2. The smallest absolute Gasteiger partial charge is 0.325 e. The summed E-state index contributed by atoms with van der Waals surface area (Å²) >= 11 is 7.82. The molecule has 1 aliphatic heterocycles. The van der Waals surface area contributed by atoms with E-state index >= 15 is 0 Å². The Morgan fingerprint density at radius 3 is 3.00 bits per heavy atom. The van der Waals surface area contributed by atoms with Crippen LogP contribution in [0.1, 0.15) is 4.88 Å². The number of hydrogen-bond donors (Lipinski definition) is 0. The molecule has 0 atom stereocenters. The fraction of sp³-hybridized carbons (Fsp3) is 0.182. The summed E-state index contributed by atoms with van der Waals surface area (Å²) in [5, 5.41) is 1.93. The second kappa shape index (κ2) is 5.64. The molecule has 1 aliphatic rings. The van der Waals surface area contributed by atoms with Crippen LogP contribution in [0.2, 0.25) is 0 Å². The van der Waals surface area contributed by atoms with Crippen molar-refractivity contribution in [3.05, 3.63) is 27.3 Å². The molecule has 0 spiro atoms. The SMILES string of the molecule is COC(=O)CN1C(=O)C(=Cc2cccs2)SC1=S. The van der Waals surface area contributed by atoms with Crippen LogP contribution in [0.3, 0.4) is 0 Å². The number of nitrogens with zero attached hydrogens (tertiary/aromatic N) is 1. The van der Waals surface area contributed by atoms with E-state index < -0.39 is 5.97 Å². The number of amides is 1. The number of esters is 1. The molecule has 0 aromatic carbocycles. The largest absolute Gasteiger partial charge is 0.468 e. The van der Waals surface area contributed by atoms with Gasteiger partial charge in [-0.15, -0.1) is 11.3 Å². The van der Waals surface area contributed by atoms with Crippen LogP contribution in [-0.4, -0.2) is 34.8 Å². The van der Waals surface area contributed by atoms with Gasteiger partial charge in [0.15, 0.2) is 0 Å². The van der Waals surface area contributed by atoms with E-state index in [4.69, 9.17) is 12.2 Å². The third-order valence-electron chi connectivity index (χ3n) is 2.21. The minimum atomic E-state index is -0.483. The maximum Gasteiger partial charge on any atom is 0.325 e. The zero-order chi connectivity index (χ0) is 13.1. The molecule has 0 unspecified atom stereocenters. The van der Waals surface area contributed by atoms with Gasteiger partial charge in [-0.05, 0) is 17.5 Å². The van der Waals surface area contributed by atoms with Gasteiger partial charge in [-0.2, -0.15) is 0 Å². The number of methoxy groups -OCH3 is 1. The van der Waals surface area contributed by atoms with Crippen LogP contribution in [0.25, 0.3) is 6.08 Å². The van der Waals surface area contributed by atoms with Crippen LogP contribution in [-0.2, 0) is 14.3 Å². The van der Waals surface area contributed by atoms with Crippen molar-refractivity contribution < 1.29 is 14.3 Å². The fourth-order valence-corrected chi connectivity index (χ4v) is 3.31. The summed E-state index contributed by atoms with van der Waals surface area (Å²) in [6.07, 6.45) is 1.78. The van der Waals surface area contributed by atoms with Crippen LogP contribution in [0.15, 0.2) is 22.4 Å². The molecule has 1 aromatic heterocycles. The van der Waals surface area contributed by atoms with Crippen molar-refractivity contribution in [2.75, 3.05) is 13.7 Å². The van der Waals surface area contributed by atoms with Crippen molar-refractivity contribution in [1.29, 1.82) is 0 Å². The summed E-state index contributed by atoms with van der Waals surface area (Å²) in [7, 11) is 1.28. The monoisotopic (exact) mass is 299 g/mol. The quantitative estimate of drug-likeness (QED) is 0.486. The Morgan fingerprint density at radius 1 is 1.61 bits per heavy atom. The molecule has 94 valence electrons. The van der Waals surface area contributed by atoms with Crippen molar-refractivity contribution in [3.8, 4) is 0 Å². The second-order valence-electron chi connectivity index (χ2n) is 3.36. The first-order valence-electron chi connectivity index (χ1n) is 4.97. The van der Waals surface area contributed by atoms with Crippen molar-refractivity contribution in [2.24, 2.45) is 0 Å². The fourth-order valence-electron chi connectivity index (χ4n) is 1.33. The van der Waals surface area contributed by atoms with Crippen LogP contribution < -0.4 is 0 Å². The zero-order valence-corrected chi connectivity index (χ0v) is 11.9. The number of ether oxygens (including phenoxy) is 1. The van der Waals surface area contributed by atoms with E-state index in [0.717, 1.165) is 4.88 Å². The van der Waals surface area contributed by atoms with Gasteiger partial charge in [0.05, 0.1) is 12.0 Å². The topological polar surface area (TPSA) is 46.6 Å². The van der Waals surface area contributed by atoms with E-state index in [9.17, 15) is 9.59 Å². The van der Waals surface area contributed by atoms with Crippen LogP contribution in [0, 0.1) is 0 Å². The molecule has 4 nitrogen and oxygen atoms in total. The van der Waals surface area contributed by atoms with Gasteiger partial charge in [0.25, 0.3) is 5.91 Å². The maximum absolute atomic E-state index is 12.0. The van der Waals surface area contributed by atoms with Gasteiger partial charge in [-0.3, -0.25) is 14.5 Å². The third kappa shape index (κ3) is 2.80. The Hall–Kier alpha value is -1.18. The van der Waals surface area contributed by atoms with E-state index in [0.29, 0.717) is 9.23 Å². The Kier molecular flexibility index (Phi) is 4.15. The predicted molar refractivity (Wildman–Crippen MR) is 76.2 cm³/mol. The first-order valence-corrected chi connectivity index (χ1v) is 7.08. The van der Waals surface area contributed by atoms with E-state index in [1.807, 2.05) is 17.5 Å². The number of carbonyl (C=O) groups is 2. The summed E-state index contributed by atoms with van der Waals surface area (Å²) in [6, 6.07) is 3.82. The van der Waals surface area contributed by atoms with E-state index in [1.165, 1.54) is 35.1 Å². The van der Waals surface area contributed by atoms with Crippen molar-refractivity contribution in [3.63, 3.8) is 0 Å². The van der Waals surface area contributed by atoms with Gasteiger partial charge in [0.2, 0.25) is 0 Å².